The highest BCUT2D eigenvalue weighted by atomic mass is 32.1. The Balaban J connectivity index is 1.75. The molecule has 0 aliphatic rings. The second-order valence-corrected chi connectivity index (χ2v) is 6.35. The van der Waals surface area contributed by atoms with Crippen LogP contribution in [0, 0.1) is 10.7 Å². The SMILES string of the molecule is COc1ccc(CN(C)Cn2nc(-c3ccccc3OC)oc2=S)cc1F. The lowest BCUT2D eigenvalue weighted by Crippen LogP contribution is -2.22. The van der Waals surface area contributed by atoms with Crippen molar-refractivity contribution in [1.29, 1.82) is 0 Å². The number of nitrogens with zero attached hydrogens (tertiary/aromatic N) is 3. The Labute approximate surface area is 161 Å². The molecular weight excluding hydrogens is 369 g/mol. The van der Waals surface area contributed by atoms with Crippen LogP contribution < -0.4 is 9.47 Å². The molecule has 2 aromatic carbocycles. The van der Waals surface area contributed by atoms with Crippen LogP contribution in [0.4, 0.5) is 4.39 Å². The van der Waals surface area contributed by atoms with Crippen LogP contribution in [0.15, 0.2) is 46.9 Å². The minimum atomic E-state index is -0.389. The summed E-state index contributed by atoms with van der Waals surface area (Å²) < 4.78 is 31.3. The second kappa shape index (κ2) is 8.32. The third kappa shape index (κ3) is 4.35. The molecule has 0 radical (unpaired) electrons. The van der Waals surface area contributed by atoms with Gasteiger partial charge in [0.25, 0.3) is 10.7 Å². The molecule has 0 fully saturated rings. The molecule has 27 heavy (non-hydrogen) atoms. The third-order valence-corrected chi connectivity index (χ3v) is 4.28. The zero-order valence-electron chi connectivity index (χ0n) is 15.3. The first-order valence-corrected chi connectivity index (χ1v) is 8.65. The molecule has 0 aliphatic carbocycles. The Morgan fingerprint density at radius 2 is 1.89 bits per heavy atom. The van der Waals surface area contributed by atoms with Crippen LogP contribution in [0.5, 0.6) is 11.5 Å². The Morgan fingerprint density at radius 1 is 1.15 bits per heavy atom. The summed E-state index contributed by atoms with van der Waals surface area (Å²) in [4.78, 5) is 2.20. The van der Waals surface area contributed by atoms with Gasteiger partial charge in [0.15, 0.2) is 11.6 Å². The third-order valence-electron chi connectivity index (χ3n) is 3.99. The fraction of sp³-hybridized carbons (Fsp3) is 0.263. The highest BCUT2D eigenvalue weighted by Crippen LogP contribution is 2.28. The molecule has 3 rings (SSSR count). The van der Waals surface area contributed by atoms with E-state index in [1.807, 2.05) is 42.3 Å². The minimum Gasteiger partial charge on any atom is -0.496 e. The second-order valence-electron chi connectivity index (χ2n) is 6.00. The largest absolute Gasteiger partial charge is 0.496 e. The van der Waals surface area contributed by atoms with Crippen molar-refractivity contribution < 1.29 is 18.3 Å². The van der Waals surface area contributed by atoms with Gasteiger partial charge in [-0.2, -0.15) is 0 Å². The van der Waals surface area contributed by atoms with E-state index in [1.54, 1.807) is 17.9 Å². The van der Waals surface area contributed by atoms with Gasteiger partial charge >= 0.3 is 0 Å². The van der Waals surface area contributed by atoms with Crippen LogP contribution in [-0.4, -0.2) is 35.9 Å². The fourth-order valence-corrected chi connectivity index (χ4v) is 2.90. The molecule has 0 N–H and O–H groups in total. The van der Waals surface area contributed by atoms with Gasteiger partial charge in [-0.25, -0.2) is 9.07 Å². The molecule has 3 aromatic rings. The summed E-state index contributed by atoms with van der Waals surface area (Å²) in [7, 11) is 4.92. The highest BCUT2D eigenvalue weighted by Gasteiger charge is 2.14. The first kappa shape index (κ1) is 19.1. The van der Waals surface area contributed by atoms with E-state index in [9.17, 15) is 4.39 Å². The van der Waals surface area contributed by atoms with Crippen molar-refractivity contribution in [3.63, 3.8) is 0 Å². The summed E-state index contributed by atoms with van der Waals surface area (Å²) in [5.74, 6) is 0.880. The number of halogens is 1. The lowest BCUT2D eigenvalue weighted by atomic mass is 10.2. The van der Waals surface area contributed by atoms with Crippen LogP contribution in [0.3, 0.4) is 0 Å². The Kier molecular flexibility index (Phi) is 5.88. The quantitative estimate of drug-likeness (QED) is 0.567. The van der Waals surface area contributed by atoms with Crippen molar-refractivity contribution in [3.05, 3.63) is 58.7 Å². The van der Waals surface area contributed by atoms with Crippen LogP contribution >= 0.6 is 12.2 Å². The highest BCUT2D eigenvalue weighted by molar-refractivity contribution is 7.71. The number of para-hydroxylation sites is 1. The molecule has 142 valence electrons. The molecule has 0 saturated heterocycles. The lowest BCUT2D eigenvalue weighted by Gasteiger charge is -2.16. The predicted molar refractivity (Wildman–Crippen MR) is 102 cm³/mol. The van der Waals surface area contributed by atoms with Crippen molar-refractivity contribution in [1.82, 2.24) is 14.7 Å². The van der Waals surface area contributed by atoms with E-state index in [2.05, 4.69) is 5.10 Å². The molecule has 0 saturated carbocycles. The van der Waals surface area contributed by atoms with Gasteiger partial charge in [-0.3, -0.25) is 4.90 Å². The standard InChI is InChI=1S/C19H20FN3O3S/c1-22(11-13-8-9-17(25-3)15(20)10-13)12-23-19(27)26-18(21-23)14-6-4-5-7-16(14)24-2/h4-10H,11-12H2,1-3H3. The smallest absolute Gasteiger partial charge is 0.288 e. The Bertz CT molecular complexity index is 986. The van der Waals surface area contributed by atoms with Crippen molar-refractivity contribution in [2.45, 2.75) is 13.2 Å². The molecule has 0 unspecified atom stereocenters. The van der Waals surface area contributed by atoms with Crippen molar-refractivity contribution in [3.8, 4) is 23.0 Å². The molecule has 0 aliphatic heterocycles. The zero-order chi connectivity index (χ0) is 19.4. The number of hydrogen-bond donors (Lipinski definition) is 0. The number of hydrogen-bond acceptors (Lipinski definition) is 6. The molecular formula is C19H20FN3O3S. The van der Waals surface area contributed by atoms with Crippen molar-refractivity contribution in [2.75, 3.05) is 21.3 Å². The van der Waals surface area contributed by atoms with Crippen molar-refractivity contribution in [2.24, 2.45) is 0 Å². The fourth-order valence-electron chi connectivity index (χ4n) is 2.72. The van der Waals surface area contributed by atoms with E-state index in [0.717, 1.165) is 11.1 Å². The number of rotatable bonds is 7. The molecule has 6 nitrogen and oxygen atoms in total. The van der Waals surface area contributed by atoms with Crippen LogP contribution in [0.1, 0.15) is 5.56 Å². The summed E-state index contributed by atoms with van der Waals surface area (Å²) >= 11 is 5.28. The molecule has 0 spiro atoms. The van der Waals surface area contributed by atoms with E-state index >= 15 is 0 Å². The molecule has 8 heteroatoms. The summed E-state index contributed by atoms with van der Waals surface area (Å²) in [6.07, 6.45) is 0. The van der Waals surface area contributed by atoms with Gasteiger partial charge in [-0.05, 0) is 49.1 Å². The van der Waals surface area contributed by atoms with Crippen LogP contribution in [0.25, 0.3) is 11.5 Å². The summed E-state index contributed by atoms with van der Waals surface area (Å²) in [5, 5.41) is 4.45. The molecule has 1 heterocycles. The van der Waals surface area contributed by atoms with E-state index in [4.69, 9.17) is 26.1 Å². The maximum absolute atomic E-state index is 13.8. The Hall–Kier alpha value is -2.71. The van der Waals surface area contributed by atoms with E-state index in [-0.39, 0.29) is 16.4 Å². The van der Waals surface area contributed by atoms with Gasteiger partial charge in [-0.1, -0.05) is 18.2 Å². The average Bonchev–Trinajstić information content (AvgIpc) is 3.02. The number of aromatic nitrogens is 2. The lowest BCUT2D eigenvalue weighted by molar-refractivity contribution is 0.240. The zero-order valence-corrected chi connectivity index (χ0v) is 16.1. The maximum Gasteiger partial charge on any atom is 0.288 e. The van der Waals surface area contributed by atoms with Crippen LogP contribution in [-0.2, 0) is 13.2 Å². The van der Waals surface area contributed by atoms with E-state index < -0.39 is 0 Å². The number of ether oxygens (including phenoxy) is 2. The molecule has 0 atom stereocenters. The van der Waals surface area contributed by atoms with Gasteiger partial charge < -0.3 is 13.9 Å². The first-order chi connectivity index (χ1) is 13.0. The summed E-state index contributed by atoms with van der Waals surface area (Å²) in [5.41, 5.74) is 1.54. The minimum absolute atomic E-state index is 0.224. The van der Waals surface area contributed by atoms with Crippen molar-refractivity contribution >= 4 is 12.2 Å². The number of benzene rings is 2. The molecule has 0 bridgehead atoms. The predicted octanol–water partition coefficient (Wildman–Crippen LogP) is 4.12. The average molecular weight is 389 g/mol. The maximum atomic E-state index is 13.8. The van der Waals surface area contributed by atoms with E-state index in [0.29, 0.717) is 24.9 Å². The summed E-state index contributed by atoms with van der Waals surface area (Å²) in [6, 6.07) is 12.3. The van der Waals surface area contributed by atoms with E-state index in [1.165, 1.54) is 13.2 Å². The Morgan fingerprint density at radius 3 is 2.59 bits per heavy atom. The molecule has 1 aromatic heterocycles. The first-order valence-electron chi connectivity index (χ1n) is 8.24. The van der Waals surface area contributed by atoms with Gasteiger partial charge in [0.2, 0.25) is 0 Å². The summed E-state index contributed by atoms with van der Waals surface area (Å²) in [6.45, 7) is 0.907. The van der Waals surface area contributed by atoms with Gasteiger partial charge in [0, 0.05) is 6.54 Å². The van der Waals surface area contributed by atoms with Gasteiger partial charge in [0.1, 0.15) is 5.75 Å². The number of methoxy groups -OCH3 is 2. The normalized spacial score (nSPS) is 11.0. The monoisotopic (exact) mass is 389 g/mol. The van der Waals surface area contributed by atoms with Gasteiger partial charge in [-0.15, -0.1) is 5.10 Å². The van der Waals surface area contributed by atoms with Crippen LogP contribution in [0.2, 0.25) is 0 Å². The van der Waals surface area contributed by atoms with Gasteiger partial charge in [0.05, 0.1) is 26.5 Å². The molecule has 0 amide bonds. The topological polar surface area (TPSA) is 52.7 Å².